The number of rotatable bonds is 14. The first kappa shape index (κ1) is 33.1. The van der Waals surface area contributed by atoms with E-state index in [0.29, 0.717) is 28.0 Å². The summed E-state index contributed by atoms with van der Waals surface area (Å²) in [6, 6.07) is 6.49. The van der Waals surface area contributed by atoms with Crippen LogP contribution in [0.3, 0.4) is 0 Å². The van der Waals surface area contributed by atoms with Crippen LogP contribution in [0.2, 0.25) is 5.02 Å². The minimum absolute atomic E-state index is 0.224. The van der Waals surface area contributed by atoms with Gasteiger partial charge in [0.25, 0.3) is 0 Å². The van der Waals surface area contributed by atoms with E-state index in [1.165, 1.54) is 4.90 Å². The van der Waals surface area contributed by atoms with Gasteiger partial charge in [-0.05, 0) is 70.1 Å². The Morgan fingerprint density at radius 2 is 1.69 bits per heavy atom. The molecule has 0 saturated heterocycles. The van der Waals surface area contributed by atoms with Crippen LogP contribution in [0.4, 0.5) is 10.5 Å². The topological polar surface area (TPSA) is 181 Å². The molecule has 39 heavy (non-hydrogen) atoms. The number of benzene rings is 1. The van der Waals surface area contributed by atoms with Crippen LogP contribution in [0.15, 0.2) is 30.5 Å². The number of fused-ring (bicyclic) bond motifs is 1. The molecule has 2 rings (SSSR count). The molecule has 1 heterocycles. The quantitative estimate of drug-likeness (QED) is 0.179. The average molecular weight is 609 g/mol. The number of anilines is 1. The van der Waals surface area contributed by atoms with Crippen molar-refractivity contribution in [1.82, 2.24) is 14.3 Å². The summed E-state index contributed by atoms with van der Waals surface area (Å²) >= 11 is 6.11. The summed E-state index contributed by atoms with van der Waals surface area (Å²) in [5.41, 5.74) is 1.12. The third-order valence-electron chi connectivity index (χ3n) is 6.05. The van der Waals surface area contributed by atoms with E-state index in [-0.39, 0.29) is 19.1 Å². The molecule has 1 aromatic heterocycles. The van der Waals surface area contributed by atoms with Crippen molar-refractivity contribution in [3.63, 3.8) is 0 Å². The van der Waals surface area contributed by atoms with E-state index in [0.717, 1.165) is 26.1 Å². The minimum atomic E-state index is -5.55. The van der Waals surface area contributed by atoms with Gasteiger partial charge in [0.15, 0.2) is 0 Å². The number of carbonyl (C=O) groups excluding carboxylic acids is 2. The predicted molar refractivity (Wildman–Crippen MR) is 147 cm³/mol. The first-order valence-corrected chi connectivity index (χ1v) is 15.9. The maximum atomic E-state index is 13.3. The molecule has 2 amide bonds. The van der Waals surface area contributed by atoms with Gasteiger partial charge < -0.3 is 29.2 Å². The van der Waals surface area contributed by atoms with E-state index >= 15 is 0 Å². The van der Waals surface area contributed by atoms with Crippen molar-refractivity contribution >= 4 is 55.7 Å². The highest BCUT2D eigenvalue weighted by Gasteiger charge is 2.43. The Morgan fingerprint density at radius 1 is 1.05 bits per heavy atom. The molecule has 1 unspecified atom stereocenters. The van der Waals surface area contributed by atoms with E-state index in [2.05, 4.69) is 23.7 Å². The van der Waals surface area contributed by atoms with Gasteiger partial charge in [0.05, 0.1) is 17.8 Å². The van der Waals surface area contributed by atoms with Gasteiger partial charge in [-0.3, -0.25) is 14.7 Å². The largest absolute Gasteiger partial charge is 0.449 e. The maximum Gasteiger partial charge on any atom is 0.441 e. The van der Waals surface area contributed by atoms with Gasteiger partial charge in [0, 0.05) is 29.1 Å². The number of amides is 2. The van der Waals surface area contributed by atoms with Crippen LogP contribution in [-0.2, 0) is 18.7 Å². The molecule has 13 nitrogen and oxygen atoms in total. The molecule has 4 N–H and O–H groups in total. The highest BCUT2D eigenvalue weighted by Crippen LogP contribution is 2.58. The molecule has 2 aromatic rings. The molecule has 0 bridgehead atoms. The molecular weight excluding hydrogens is 574 g/mol. The number of pyridine rings is 1. The van der Waals surface area contributed by atoms with Crippen LogP contribution in [-0.4, -0.2) is 78.2 Å². The average Bonchev–Trinajstić information content (AvgIpc) is 2.82. The van der Waals surface area contributed by atoms with Crippen LogP contribution >= 0.6 is 27.1 Å². The molecule has 1 aromatic carbocycles. The van der Waals surface area contributed by atoms with Crippen LogP contribution in [0.25, 0.3) is 10.9 Å². The second kappa shape index (κ2) is 14.5. The monoisotopic (exact) mass is 608 g/mol. The van der Waals surface area contributed by atoms with E-state index in [9.17, 15) is 18.7 Å². The fourth-order valence-corrected chi connectivity index (χ4v) is 6.27. The highest BCUT2D eigenvalue weighted by atomic mass is 35.5. The molecule has 0 spiro atoms. The number of nitrogens with zero attached hydrogens (tertiary/aromatic N) is 4. The predicted octanol–water partition coefficient (Wildman–Crippen LogP) is 4.14. The smallest absolute Gasteiger partial charge is 0.441 e. The first-order chi connectivity index (χ1) is 18.2. The van der Waals surface area contributed by atoms with Crippen molar-refractivity contribution in [3.05, 3.63) is 35.5 Å². The number of aromatic nitrogens is 1. The fraction of sp³-hybridized carbons (Fsp3) is 0.522. The lowest BCUT2D eigenvalue weighted by Crippen LogP contribution is -2.40. The van der Waals surface area contributed by atoms with E-state index < -0.39 is 38.4 Å². The zero-order chi connectivity index (χ0) is 29.4. The second-order valence-corrected chi connectivity index (χ2v) is 12.4. The van der Waals surface area contributed by atoms with Crippen molar-refractivity contribution in [2.24, 2.45) is 0 Å². The molecule has 218 valence electrons. The highest BCUT2D eigenvalue weighted by molar-refractivity contribution is 7.66. The Labute approximate surface area is 232 Å². The van der Waals surface area contributed by atoms with Crippen molar-refractivity contribution in [2.45, 2.75) is 52.5 Å². The second-order valence-electron chi connectivity index (χ2n) is 8.81. The zero-order valence-corrected chi connectivity index (χ0v) is 24.6. The van der Waals surface area contributed by atoms with Crippen molar-refractivity contribution in [1.29, 1.82) is 0 Å². The SMILES string of the molecule is CCN(CC)CCCC(C)N(C(=O)OCCCC(=O)N(P(=O)(O)O)P(=O)(O)O)c1ccnc2cc(Cl)ccc12. The van der Waals surface area contributed by atoms with Crippen LogP contribution in [0.1, 0.15) is 46.5 Å². The van der Waals surface area contributed by atoms with E-state index in [1.54, 1.807) is 30.5 Å². The number of hydrogen-bond acceptors (Lipinski definition) is 7. The normalized spacial score (nSPS) is 12.9. The van der Waals surface area contributed by atoms with E-state index in [1.807, 2.05) is 6.92 Å². The Balaban J connectivity index is 2.19. The number of hydrogen-bond donors (Lipinski definition) is 4. The summed E-state index contributed by atoms with van der Waals surface area (Å²) < 4.78 is 27.4. The molecule has 0 radical (unpaired) electrons. The minimum Gasteiger partial charge on any atom is -0.449 e. The molecule has 0 fully saturated rings. The number of ether oxygens (including phenoxy) is 1. The molecule has 16 heteroatoms. The summed E-state index contributed by atoms with van der Waals surface area (Å²) in [4.78, 5) is 70.1. The maximum absolute atomic E-state index is 13.3. The standard InChI is InChI=1S/C23H35ClN4O9P2/c1-4-26(5-2)14-6-8-17(3)27(21-12-13-25-20-16-18(24)10-11-19(20)21)23(30)37-15-7-9-22(29)28(38(31,32)33)39(34,35)36/h10-13,16-17H,4-9,14-15H2,1-3H3,(H2,31,32,33)(H2,34,35,36). The summed E-state index contributed by atoms with van der Waals surface area (Å²) in [6.45, 7) is 8.37. The summed E-state index contributed by atoms with van der Waals surface area (Å²) in [7, 11) is -11.1. The Hall–Kier alpha value is -2.08. The van der Waals surface area contributed by atoms with Gasteiger partial charge in [-0.1, -0.05) is 25.4 Å². The van der Waals surface area contributed by atoms with Crippen LogP contribution in [0, 0.1) is 0 Å². The summed E-state index contributed by atoms with van der Waals surface area (Å²) in [6.07, 6.45) is 1.41. The first-order valence-electron chi connectivity index (χ1n) is 12.4. The molecule has 0 aliphatic rings. The zero-order valence-electron chi connectivity index (χ0n) is 22.0. The van der Waals surface area contributed by atoms with E-state index in [4.69, 9.17) is 35.9 Å². The summed E-state index contributed by atoms with van der Waals surface area (Å²) in [5.74, 6) is -1.47. The van der Waals surface area contributed by atoms with Crippen molar-refractivity contribution < 1.29 is 43.0 Å². The Kier molecular flexibility index (Phi) is 12.3. The Bertz CT molecular complexity index is 1210. The third-order valence-corrected chi connectivity index (χ3v) is 9.11. The number of carbonyl (C=O) groups is 2. The van der Waals surface area contributed by atoms with Crippen molar-refractivity contribution in [2.75, 3.05) is 31.1 Å². The van der Waals surface area contributed by atoms with Gasteiger partial charge in [0.2, 0.25) is 5.91 Å². The lowest BCUT2D eigenvalue weighted by Gasteiger charge is -2.30. The van der Waals surface area contributed by atoms with Gasteiger partial charge >= 0.3 is 21.6 Å². The van der Waals surface area contributed by atoms with Crippen molar-refractivity contribution in [3.8, 4) is 0 Å². The van der Waals surface area contributed by atoms with Crippen LogP contribution < -0.4 is 4.90 Å². The molecule has 0 aliphatic carbocycles. The molecule has 0 saturated carbocycles. The van der Waals surface area contributed by atoms with Crippen LogP contribution in [0.5, 0.6) is 0 Å². The van der Waals surface area contributed by atoms with Gasteiger partial charge in [0.1, 0.15) is 0 Å². The lowest BCUT2D eigenvalue weighted by molar-refractivity contribution is -0.124. The molecule has 0 aliphatic heterocycles. The Morgan fingerprint density at radius 3 is 2.28 bits per heavy atom. The summed E-state index contributed by atoms with van der Waals surface area (Å²) in [5, 5.41) is 1.15. The molecule has 1 atom stereocenters. The van der Waals surface area contributed by atoms with Gasteiger partial charge in [-0.2, -0.15) is 4.44 Å². The number of halogens is 1. The fourth-order valence-electron chi connectivity index (χ4n) is 4.11. The lowest BCUT2D eigenvalue weighted by atomic mass is 10.1. The molecular formula is C23H35ClN4O9P2. The van der Waals surface area contributed by atoms with Gasteiger partial charge in [-0.25, -0.2) is 13.9 Å². The third kappa shape index (κ3) is 9.51. The van der Waals surface area contributed by atoms with Gasteiger partial charge in [-0.15, -0.1) is 0 Å².